The summed E-state index contributed by atoms with van der Waals surface area (Å²) in [5, 5.41) is 0. The third-order valence-electron chi connectivity index (χ3n) is 3.51. The minimum atomic E-state index is -0.532. The van der Waals surface area contributed by atoms with E-state index in [1.165, 1.54) is 0 Å². The van der Waals surface area contributed by atoms with E-state index in [-0.39, 0.29) is 5.91 Å². The summed E-state index contributed by atoms with van der Waals surface area (Å²) in [6.07, 6.45) is 0. The zero-order valence-corrected chi connectivity index (χ0v) is 11.2. The fourth-order valence-electron chi connectivity index (χ4n) is 2.54. The first-order chi connectivity index (χ1) is 9.24. The summed E-state index contributed by atoms with van der Waals surface area (Å²) in [5.41, 5.74) is 3.88. The maximum Gasteiger partial charge on any atom is 0.249 e. The highest BCUT2D eigenvalue weighted by Gasteiger charge is 2.31. The van der Waals surface area contributed by atoms with Crippen LogP contribution in [-0.2, 0) is 4.79 Å². The van der Waals surface area contributed by atoms with Crippen LogP contribution in [0.15, 0.2) is 48.5 Å². The van der Waals surface area contributed by atoms with Crippen molar-refractivity contribution in [3.8, 4) is 11.1 Å². The van der Waals surface area contributed by atoms with E-state index in [2.05, 4.69) is 4.84 Å². The SMILES string of the molecule is CN1C(=O)C(NCl)c2ccccc2-c2ccccc21. The number of carbonyl (C=O) groups is 1. The summed E-state index contributed by atoms with van der Waals surface area (Å²) >= 11 is 5.79. The highest BCUT2D eigenvalue weighted by atomic mass is 35.5. The molecule has 0 radical (unpaired) electrons. The molecule has 1 aliphatic rings. The molecular formula is C15H13ClN2O. The van der Waals surface area contributed by atoms with Crippen molar-refractivity contribution < 1.29 is 4.79 Å². The molecule has 0 bridgehead atoms. The molecular weight excluding hydrogens is 260 g/mol. The number of nitrogens with zero attached hydrogens (tertiary/aromatic N) is 1. The number of anilines is 1. The highest BCUT2D eigenvalue weighted by Crippen LogP contribution is 2.39. The lowest BCUT2D eigenvalue weighted by molar-refractivity contribution is -0.119. The molecule has 1 unspecified atom stereocenters. The smallest absolute Gasteiger partial charge is 0.249 e. The normalized spacial score (nSPS) is 17.7. The van der Waals surface area contributed by atoms with Gasteiger partial charge in [0.15, 0.2) is 0 Å². The monoisotopic (exact) mass is 272 g/mol. The van der Waals surface area contributed by atoms with Gasteiger partial charge in [0, 0.05) is 12.6 Å². The summed E-state index contributed by atoms with van der Waals surface area (Å²) in [4.78, 5) is 16.7. The molecule has 0 saturated carbocycles. The van der Waals surface area contributed by atoms with Crippen LogP contribution in [0.1, 0.15) is 11.6 Å². The van der Waals surface area contributed by atoms with Crippen molar-refractivity contribution in [3.63, 3.8) is 0 Å². The molecule has 1 atom stereocenters. The number of rotatable bonds is 1. The molecule has 0 aromatic heterocycles. The van der Waals surface area contributed by atoms with Crippen molar-refractivity contribution in [2.75, 3.05) is 11.9 Å². The Balaban J connectivity index is 2.34. The topological polar surface area (TPSA) is 32.3 Å². The van der Waals surface area contributed by atoms with E-state index in [1.807, 2.05) is 48.5 Å². The molecule has 1 heterocycles. The molecule has 3 rings (SSSR count). The van der Waals surface area contributed by atoms with Crippen molar-refractivity contribution in [2.24, 2.45) is 0 Å². The zero-order valence-electron chi connectivity index (χ0n) is 10.4. The van der Waals surface area contributed by atoms with Crippen LogP contribution in [0.3, 0.4) is 0 Å². The Morgan fingerprint density at radius 2 is 1.68 bits per heavy atom. The second-order valence-electron chi connectivity index (χ2n) is 4.54. The van der Waals surface area contributed by atoms with Crippen molar-refractivity contribution in [2.45, 2.75) is 6.04 Å². The molecule has 0 saturated heterocycles. The van der Waals surface area contributed by atoms with Gasteiger partial charge >= 0.3 is 0 Å². The Kier molecular flexibility index (Phi) is 3.01. The van der Waals surface area contributed by atoms with E-state index in [9.17, 15) is 4.79 Å². The number of halogens is 1. The molecule has 2 aromatic rings. The summed E-state index contributed by atoms with van der Waals surface area (Å²) in [7, 11) is 1.77. The number of amides is 1. The first kappa shape index (κ1) is 12.2. The van der Waals surface area contributed by atoms with Crippen LogP contribution in [0, 0.1) is 0 Å². The summed E-state index contributed by atoms with van der Waals surface area (Å²) in [6.45, 7) is 0. The van der Waals surface area contributed by atoms with Crippen LogP contribution >= 0.6 is 11.8 Å². The van der Waals surface area contributed by atoms with Crippen LogP contribution in [0.5, 0.6) is 0 Å². The Labute approximate surface area is 116 Å². The Bertz CT molecular complexity index is 642. The minimum absolute atomic E-state index is 0.0626. The molecule has 1 N–H and O–H groups in total. The molecule has 4 heteroatoms. The molecule has 0 fully saturated rings. The fraction of sp³-hybridized carbons (Fsp3) is 0.133. The molecule has 1 aliphatic heterocycles. The van der Waals surface area contributed by atoms with Crippen molar-refractivity contribution in [3.05, 3.63) is 54.1 Å². The second kappa shape index (κ2) is 4.68. The Morgan fingerprint density at radius 1 is 1.05 bits per heavy atom. The molecule has 0 aliphatic carbocycles. The van der Waals surface area contributed by atoms with Crippen LogP contribution in [0.25, 0.3) is 11.1 Å². The van der Waals surface area contributed by atoms with Gasteiger partial charge in [-0.25, -0.2) is 4.84 Å². The number of benzene rings is 2. The molecule has 1 amide bonds. The molecule has 19 heavy (non-hydrogen) atoms. The summed E-state index contributed by atoms with van der Waals surface area (Å²) < 4.78 is 0. The third-order valence-corrected chi connectivity index (χ3v) is 3.73. The standard InChI is InChI=1S/C15H13ClN2O/c1-18-13-9-5-4-7-11(13)10-6-2-3-8-12(10)14(17-16)15(18)19/h2-9,14,17H,1H3. The van der Waals surface area contributed by atoms with Gasteiger partial charge in [0.1, 0.15) is 6.04 Å². The van der Waals surface area contributed by atoms with E-state index < -0.39 is 6.04 Å². The van der Waals surface area contributed by atoms with E-state index in [0.717, 1.165) is 22.4 Å². The molecule has 3 nitrogen and oxygen atoms in total. The van der Waals surface area contributed by atoms with Gasteiger partial charge in [-0.15, -0.1) is 0 Å². The molecule has 96 valence electrons. The second-order valence-corrected chi connectivity index (χ2v) is 4.76. The number of fused-ring (bicyclic) bond motifs is 3. The average Bonchev–Trinajstić information content (AvgIpc) is 2.55. The minimum Gasteiger partial charge on any atom is -0.313 e. The van der Waals surface area contributed by atoms with Gasteiger partial charge in [-0.05, 0) is 29.0 Å². The fourth-order valence-corrected chi connectivity index (χ4v) is 2.75. The Morgan fingerprint density at radius 3 is 2.42 bits per heavy atom. The van der Waals surface area contributed by atoms with Gasteiger partial charge in [-0.2, -0.15) is 0 Å². The van der Waals surface area contributed by atoms with E-state index >= 15 is 0 Å². The first-order valence-electron chi connectivity index (χ1n) is 6.06. The lowest BCUT2D eigenvalue weighted by Crippen LogP contribution is -2.34. The first-order valence-corrected chi connectivity index (χ1v) is 6.44. The van der Waals surface area contributed by atoms with Crippen molar-refractivity contribution >= 4 is 23.4 Å². The Hall–Kier alpha value is -1.84. The predicted octanol–water partition coefficient (Wildman–Crippen LogP) is 3.11. The third kappa shape index (κ3) is 1.82. The van der Waals surface area contributed by atoms with Crippen molar-refractivity contribution in [1.29, 1.82) is 0 Å². The molecule has 0 spiro atoms. The van der Waals surface area contributed by atoms with Gasteiger partial charge in [0.05, 0.1) is 5.69 Å². The maximum absolute atomic E-state index is 12.5. The van der Waals surface area contributed by atoms with Gasteiger partial charge in [-0.1, -0.05) is 42.5 Å². The quantitative estimate of drug-likeness (QED) is 0.809. The summed E-state index contributed by atoms with van der Waals surface area (Å²) in [5.74, 6) is -0.0626. The lowest BCUT2D eigenvalue weighted by atomic mass is 9.96. The van der Waals surface area contributed by atoms with Crippen molar-refractivity contribution in [1.82, 2.24) is 4.84 Å². The van der Waals surface area contributed by atoms with Gasteiger partial charge < -0.3 is 4.90 Å². The van der Waals surface area contributed by atoms with E-state index in [1.54, 1.807) is 11.9 Å². The number of likely N-dealkylation sites (N-methyl/N-ethyl adjacent to an activating group) is 1. The average molecular weight is 273 g/mol. The number of para-hydroxylation sites is 1. The number of carbonyl (C=O) groups excluding carboxylic acids is 1. The number of nitrogens with one attached hydrogen (secondary N) is 1. The van der Waals surface area contributed by atoms with Crippen LogP contribution in [-0.4, -0.2) is 13.0 Å². The predicted molar refractivity (Wildman–Crippen MR) is 77.0 cm³/mol. The van der Waals surface area contributed by atoms with Gasteiger partial charge in [0.2, 0.25) is 5.91 Å². The zero-order chi connectivity index (χ0) is 13.4. The lowest BCUT2D eigenvalue weighted by Gasteiger charge is -2.20. The summed E-state index contributed by atoms with van der Waals surface area (Å²) in [6, 6.07) is 15.2. The van der Waals surface area contributed by atoms with Gasteiger partial charge in [0.25, 0.3) is 0 Å². The van der Waals surface area contributed by atoms with E-state index in [4.69, 9.17) is 11.8 Å². The van der Waals surface area contributed by atoms with Crippen LogP contribution in [0.4, 0.5) is 5.69 Å². The van der Waals surface area contributed by atoms with E-state index in [0.29, 0.717) is 0 Å². The molecule has 2 aromatic carbocycles. The van der Waals surface area contributed by atoms with Crippen LogP contribution in [0.2, 0.25) is 0 Å². The maximum atomic E-state index is 12.5. The van der Waals surface area contributed by atoms with Gasteiger partial charge in [-0.3, -0.25) is 4.79 Å². The highest BCUT2D eigenvalue weighted by molar-refractivity contribution is 6.16. The largest absolute Gasteiger partial charge is 0.313 e. The number of hydrogen-bond acceptors (Lipinski definition) is 2. The van der Waals surface area contributed by atoms with Crippen LogP contribution < -0.4 is 9.74 Å². The number of hydrogen-bond donors (Lipinski definition) is 1.